The lowest BCUT2D eigenvalue weighted by molar-refractivity contribution is 0.449. The Kier molecular flexibility index (Phi) is 3.88. The Balaban J connectivity index is 1.73. The number of pyridine rings is 1. The quantitative estimate of drug-likeness (QED) is 0.599. The van der Waals surface area contributed by atoms with Crippen molar-refractivity contribution in [3.05, 3.63) is 68.6 Å². The summed E-state index contributed by atoms with van der Waals surface area (Å²) in [5, 5.41) is 4.64. The minimum absolute atomic E-state index is 0.396. The fourth-order valence-electron chi connectivity index (χ4n) is 3.01. The number of aromatic nitrogens is 4. The Bertz CT molecular complexity index is 1230. The van der Waals surface area contributed by atoms with Gasteiger partial charge in [-0.1, -0.05) is 5.16 Å². The van der Waals surface area contributed by atoms with Crippen molar-refractivity contribution in [1.29, 1.82) is 0 Å². The molecule has 0 spiro atoms. The third-order valence-corrected chi connectivity index (χ3v) is 4.42. The molecule has 4 aromatic rings. The van der Waals surface area contributed by atoms with Gasteiger partial charge in [-0.15, -0.1) is 0 Å². The summed E-state index contributed by atoms with van der Waals surface area (Å²) >= 11 is 0. The van der Waals surface area contributed by atoms with Crippen molar-refractivity contribution in [3.8, 4) is 22.9 Å². The van der Waals surface area contributed by atoms with E-state index in [0.717, 1.165) is 10.9 Å². The summed E-state index contributed by atoms with van der Waals surface area (Å²) in [6.45, 7) is 3.50. The zero-order chi connectivity index (χ0) is 19.1. The average molecular weight is 364 g/mol. The van der Waals surface area contributed by atoms with Gasteiger partial charge >= 0.3 is 5.69 Å². The summed E-state index contributed by atoms with van der Waals surface area (Å²) in [6.07, 6.45) is 1.59. The maximum atomic E-state index is 11.9. The van der Waals surface area contributed by atoms with Crippen LogP contribution >= 0.6 is 0 Å². The van der Waals surface area contributed by atoms with Crippen molar-refractivity contribution in [1.82, 2.24) is 19.7 Å². The number of fused-ring (bicyclic) bond motifs is 1. The van der Waals surface area contributed by atoms with Crippen LogP contribution in [0.25, 0.3) is 22.2 Å². The van der Waals surface area contributed by atoms with E-state index in [1.54, 1.807) is 50.5 Å². The molecule has 0 aliphatic heterocycles. The first-order valence-corrected chi connectivity index (χ1v) is 8.25. The molecule has 4 rings (SSSR count). The fourth-order valence-corrected chi connectivity index (χ4v) is 3.01. The number of hydrogen-bond donors (Lipinski definition) is 1. The molecule has 0 atom stereocenters. The lowest BCUT2D eigenvalue weighted by Gasteiger charge is -2.11. The van der Waals surface area contributed by atoms with Crippen LogP contribution in [0, 0.1) is 13.8 Å². The molecule has 0 saturated carbocycles. The van der Waals surface area contributed by atoms with Crippen LogP contribution in [0.3, 0.4) is 0 Å². The topological polar surface area (TPSA) is 103 Å². The van der Waals surface area contributed by atoms with Crippen LogP contribution in [0.1, 0.15) is 11.3 Å². The van der Waals surface area contributed by atoms with Gasteiger partial charge in [0.2, 0.25) is 5.88 Å². The molecule has 8 nitrogen and oxygen atoms in total. The van der Waals surface area contributed by atoms with Crippen LogP contribution in [0.15, 0.2) is 50.6 Å². The molecule has 0 saturated heterocycles. The van der Waals surface area contributed by atoms with Gasteiger partial charge in [-0.2, -0.15) is 0 Å². The number of benzene rings is 1. The number of nitrogens with one attached hydrogen (secondary N) is 1. The van der Waals surface area contributed by atoms with Crippen LogP contribution in [0.5, 0.6) is 11.6 Å². The lowest BCUT2D eigenvalue weighted by atomic mass is 10.1. The molecule has 0 fully saturated rings. The average Bonchev–Trinajstić information content (AvgIpc) is 3.04. The van der Waals surface area contributed by atoms with Crippen molar-refractivity contribution >= 4 is 11.0 Å². The molecular weight excluding hydrogens is 348 g/mol. The minimum Gasteiger partial charge on any atom is -0.438 e. The van der Waals surface area contributed by atoms with Crippen LogP contribution in [0.4, 0.5) is 0 Å². The van der Waals surface area contributed by atoms with Gasteiger partial charge in [0.05, 0.1) is 11.4 Å². The van der Waals surface area contributed by atoms with Crippen molar-refractivity contribution < 1.29 is 9.26 Å². The van der Waals surface area contributed by atoms with E-state index in [-0.39, 0.29) is 0 Å². The predicted octanol–water partition coefficient (Wildman–Crippen LogP) is 2.69. The van der Waals surface area contributed by atoms with Gasteiger partial charge in [0.1, 0.15) is 11.1 Å². The van der Waals surface area contributed by atoms with E-state index in [1.807, 2.05) is 6.92 Å². The molecule has 8 heteroatoms. The van der Waals surface area contributed by atoms with Crippen molar-refractivity contribution in [2.24, 2.45) is 7.05 Å². The second kappa shape index (κ2) is 6.24. The third kappa shape index (κ3) is 2.80. The van der Waals surface area contributed by atoms with Gasteiger partial charge < -0.3 is 9.26 Å². The van der Waals surface area contributed by atoms with Gasteiger partial charge in [0.25, 0.3) is 5.56 Å². The molecule has 3 heterocycles. The second-order valence-corrected chi connectivity index (χ2v) is 6.18. The molecule has 3 aromatic heterocycles. The van der Waals surface area contributed by atoms with Gasteiger partial charge in [0, 0.05) is 24.9 Å². The van der Waals surface area contributed by atoms with Crippen molar-refractivity contribution in [2.75, 3.05) is 0 Å². The second-order valence-electron chi connectivity index (χ2n) is 6.18. The molecule has 1 N–H and O–H groups in total. The van der Waals surface area contributed by atoms with Crippen LogP contribution in [-0.2, 0) is 7.05 Å². The molecule has 0 aliphatic carbocycles. The lowest BCUT2D eigenvalue weighted by Crippen LogP contribution is -2.31. The summed E-state index contributed by atoms with van der Waals surface area (Å²) < 4.78 is 12.5. The van der Waals surface area contributed by atoms with Crippen molar-refractivity contribution in [3.63, 3.8) is 0 Å². The van der Waals surface area contributed by atoms with E-state index in [2.05, 4.69) is 15.1 Å². The Labute approximate surface area is 153 Å². The summed E-state index contributed by atoms with van der Waals surface area (Å²) in [5.74, 6) is 0.963. The number of nitrogens with zero attached hydrogens (tertiary/aromatic N) is 3. The highest BCUT2D eigenvalue weighted by Gasteiger charge is 2.14. The highest BCUT2D eigenvalue weighted by atomic mass is 16.5. The van der Waals surface area contributed by atoms with Crippen LogP contribution < -0.4 is 16.0 Å². The zero-order valence-electron chi connectivity index (χ0n) is 14.9. The molecule has 0 aliphatic rings. The third-order valence-electron chi connectivity index (χ3n) is 4.42. The number of aryl methyl sites for hydroxylation is 1. The first-order valence-electron chi connectivity index (χ1n) is 8.25. The fraction of sp³-hybridized carbons (Fsp3) is 0.158. The van der Waals surface area contributed by atoms with E-state index in [4.69, 9.17) is 9.26 Å². The summed E-state index contributed by atoms with van der Waals surface area (Å²) in [6, 6.07) is 8.81. The standard InChI is InChI=1S/C19H16N4O4/c1-10-16(23(3)19(25)21-17(10)24)12-4-6-13(7-5-12)26-18-15-11(2)22-27-14(15)8-9-20-18/h4-9H,1-3H3,(H,21,24,25). The maximum Gasteiger partial charge on any atom is 0.328 e. The zero-order valence-corrected chi connectivity index (χ0v) is 14.9. The molecule has 0 bridgehead atoms. The van der Waals surface area contributed by atoms with Crippen LogP contribution in [-0.4, -0.2) is 19.7 Å². The number of rotatable bonds is 3. The van der Waals surface area contributed by atoms with Gasteiger partial charge in [-0.25, -0.2) is 9.78 Å². The molecule has 27 heavy (non-hydrogen) atoms. The summed E-state index contributed by atoms with van der Waals surface area (Å²) in [7, 11) is 1.62. The molecule has 0 unspecified atom stereocenters. The van der Waals surface area contributed by atoms with E-state index in [0.29, 0.717) is 34.2 Å². The van der Waals surface area contributed by atoms with Gasteiger partial charge in [-0.3, -0.25) is 14.3 Å². The summed E-state index contributed by atoms with van der Waals surface area (Å²) in [5.41, 5.74) is 2.20. The van der Waals surface area contributed by atoms with E-state index in [1.165, 1.54) is 4.57 Å². The molecule has 1 aromatic carbocycles. The molecular formula is C19H16N4O4. The highest BCUT2D eigenvalue weighted by molar-refractivity contribution is 5.84. The first kappa shape index (κ1) is 16.8. The Morgan fingerprint density at radius 1 is 1.11 bits per heavy atom. The Morgan fingerprint density at radius 2 is 1.85 bits per heavy atom. The predicted molar refractivity (Wildman–Crippen MR) is 99.1 cm³/mol. The molecule has 0 radical (unpaired) electrons. The van der Waals surface area contributed by atoms with Gasteiger partial charge in [-0.05, 0) is 43.7 Å². The smallest absolute Gasteiger partial charge is 0.328 e. The normalized spacial score (nSPS) is 11.1. The maximum absolute atomic E-state index is 11.9. The monoisotopic (exact) mass is 364 g/mol. The largest absolute Gasteiger partial charge is 0.438 e. The minimum atomic E-state index is -0.459. The van der Waals surface area contributed by atoms with Crippen LogP contribution in [0.2, 0.25) is 0 Å². The Hall–Kier alpha value is -3.68. The van der Waals surface area contributed by atoms with E-state index < -0.39 is 11.2 Å². The SMILES string of the molecule is Cc1c(-c2ccc(Oc3nccc4onc(C)c34)cc2)n(C)c(=O)[nH]c1=O. The summed E-state index contributed by atoms with van der Waals surface area (Å²) in [4.78, 5) is 30.3. The molecule has 136 valence electrons. The number of hydrogen-bond acceptors (Lipinski definition) is 6. The highest BCUT2D eigenvalue weighted by Crippen LogP contribution is 2.31. The first-order chi connectivity index (χ1) is 13.0. The number of ether oxygens (including phenoxy) is 1. The van der Waals surface area contributed by atoms with E-state index >= 15 is 0 Å². The number of H-pyrrole nitrogens is 1. The van der Waals surface area contributed by atoms with Crippen molar-refractivity contribution in [2.45, 2.75) is 13.8 Å². The molecule has 0 amide bonds. The number of aromatic amines is 1. The van der Waals surface area contributed by atoms with Gasteiger partial charge in [0.15, 0.2) is 5.58 Å². The Morgan fingerprint density at radius 3 is 2.59 bits per heavy atom. The van der Waals surface area contributed by atoms with E-state index in [9.17, 15) is 9.59 Å².